The molecular formula is C9H19OS. The summed E-state index contributed by atoms with van der Waals surface area (Å²) in [7, 11) is 0. The van der Waals surface area contributed by atoms with Crippen LogP contribution in [0.2, 0.25) is 0 Å². The molecule has 0 aromatic rings. The van der Waals surface area contributed by atoms with Gasteiger partial charge in [-0.2, -0.15) is 0 Å². The van der Waals surface area contributed by atoms with Crippen LogP contribution in [0.1, 0.15) is 39.0 Å². The molecule has 0 saturated heterocycles. The summed E-state index contributed by atoms with van der Waals surface area (Å²) in [4.78, 5) is 0. The molecule has 2 heteroatoms. The molecule has 0 aromatic heterocycles. The van der Waals surface area contributed by atoms with Crippen molar-refractivity contribution in [2.45, 2.75) is 39.0 Å². The highest BCUT2D eigenvalue weighted by atomic mass is 32.1. The number of rotatable bonds is 8. The van der Waals surface area contributed by atoms with Crippen molar-refractivity contribution in [2.24, 2.45) is 0 Å². The lowest BCUT2D eigenvalue weighted by Crippen LogP contribution is -1.97. The van der Waals surface area contributed by atoms with E-state index in [1.165, 1.54) is 32.1 Å². The van der Waals surface area contributed by atoms with Crippen LogP contribution in [-0.2, 0) is 4.74 Å². The van der Waals surface area contributed by atoms with E-state index in [4.69, 9.17) is 17.4 Å². The molecule has 1 radical (unpaired) electrons. The summed E-state index contributed by atoms with van der Waals surface area (Å²) in [6, 6.07) is 0. The lowest BCUT2D eigenvalue weighted by Gasteiger charge is -2.00. The number of hydrogen-bond donors (Lipinski definition) is 0. The molecule has 0 bridgehead atoms. The first-order valence-corrected chi connectivity index (χ1v) is 5.15. The average molecular weight is 175 g/mol. The zero-order chi connectivity index (χ0) is 8.36. The molecule has 0 aliphatic rings. The van der Waals surface area contributed by atoms with Gasteiger partial charge in [0.15, 0.2) is 0 Å². The minimum Gasteiger partial charge on any atom is -0.381 e. The van der Waals surface area contributed by atoms with E-state index < -0.39 is 0 Å². The van der Waals surface area contributed by atoms with E-state index in [0.29, 0.717) is 0 Å². The Labute approximate surface area is 75.9 Å². The summed E-state index contributed by atoms with van der Waals surface area (Å²) in [6.07, 6.45) is 6.54. The van der Waals surface area contributed by atoms with Crippen LogP contribution in [0, 0.1) is 0 Å². The molecule has 0 aliphatic heterocycles. The zero-order valence-corrected chi connectivity index (χ0v) is 8.29. The maximum Gasteiger partial charge on any atom is 0.0565 e. The summed E-state index contributed by atoms with van der Waals surface area (Å²) in [5.41, 5.74) is 0. The second-order valence-electron chi connectivity index (χ2n) is 2.73. The van der Waals surface area contributed by atoms with Crippen LogP contribution in [0.15, 0.2) is 0 Å². The highest BCUT2D eigenvalue weighted by Gasteiger charge is 1.88. The van der Waals surface area contributed by atoms with E-state index >= 15 is 0 Å². The number of hydrogen-bond acceptors (Lipinski definition) is 1. The van der Waals surface area contributed by atoms with Crippen molar-refractivity contribution in [1.29, 1.82) is 0 Å². The van der Waals surface area contributed by atoms with Crippen molar-refractivity contribution in [3.63, 3.8) is 0 Å². The lowest BCUT2D eigenvalue weighted by molar-refractivity contribution is 0.145. The molecule has 11 heavy (non-hydrogen) atoms. The van der Waals surface area contributed by atoms with E-state index in [2.05, 4.69) is 6.92 Å². The Morgan fingerprint density at radius 1 is 1.00 bits per heavy atom. The maximum atomic E-state index is 5.26. The van der Waals surface area contributed by atoms with Gasteiger partial charge in [-0.25, -0.2) is 0 Å². The highest BCUT2D eigenvalue weighted by molar-refractivity contribution is 7.80. The standard InChI is InChI=1S/C9H19OS/c1-2-3-4-5-6-7-10-8-9-11/h2-9H2,1H3. The van der Waals surface area contributed by atoms with Crippen LogP contribution < -0.4 is 0 Å². The van der Waals surface area contributed by atoms with Crippen LogP contribution in [0.5, 0.6) is 0 Å². The summed E-state index contributed by atoms with van der Waals surface area (Å²) >= 11 is 4.75. The van der Waals surface area contributed by atoms with Crippen molar-refractivity contribution in [2.75, 3.05) is 19.0 Å². The van der Waals surface area contributed by atoms with Gasteiger partial charge in [-0.15, -0.1) is 0 Å². The Kier molecular flexibility index (Phi) is 10.6. The van der Waals surface area contributed by atoms with Crippen molar-refractivity contribution in [3.8, 4) is 0 Å². The summed E-state index contributed by atoms with van der Waals surface area (Å²) in [5.74, 6) is 0.731. The second-order valence-corrected chi connectivity index (χ2v) is 3.14. The molecule has 0 aromatic carbocycles. The van der Waals surface area contributed by atoms with Crippen molar-refractivity contribution in [3.05, 3.63) is 0 Å². The average Bonchev–Trinajstić information content (AvgIpc) is 2.03. The molecule has 0 aliphatic carbocycles. The smallest absolute Gasteiger partial charge is 0.0565 e. The van der Waals surface area contributed by atoms with Gasteiger partial charge >= 0.3 is 0 Å². The second kappa shape index (κ2) is 10.3. The Morgan fingerprint density at radius 3 is 2.36 bits per heavy atom. The Hall–Kier alpha value is 0.310. The minimum atomic E-state index is 0.731. The van der Waals surface area contributed by atoms with Crippen molar-refractivity contribution < 1.29 is 4.74 Å². The molecular weight excluding hydrogens is 156 g/mol. The van der Waals surface area contributed by atoms with Crippen LogP contribution in [0.25, 0.3) is 0 Å². The van der Waals surface area contributed by atoms with E-state index in [9.17, 15) is 0 Å². The minimum absolute atomic E-state index is 0.731. The van der Waals surface area contributed by atoms with Gasteiger partial charge in [0.2, 0.25) is 0 Å². The van der Waals surface area contributed by atoms with Gasteiger partial charge in [0.25, 0.3) is 0 Å². The quantitative estimate of drug-likeness (QED) is 0.515. The third-order valence-electron chi connectivity index (χ3n) is 1.62. The first-order chi connectivity index (χ1) is 5.41. The molecule has 0 heterocycles. The predicted octanol–water partition coefficient (Wildman–Crippen LogP) is 3.17. The SMILES string of the molecule is CCCCCCCOCC[S]. The van der Waals surface area contributed by atoms with Crippen LogP contribution in [-0.4, -0.2) is 19.0 Å². The van der Waals surface area contributed by atoms with E-state index in [-0.39, 0.29) is 0 Å². The normalized spacial score (nSPS) is 10.4. The maximum absolute atomic E-state index is 5.26. The lowest BCUT2D eigenvalue weighted by atomic mass is 10.2. The first-order valence-electron chi connectivity index (χ1n) is 4.57. The zero-order valence-electron chi connectivity index (χ0n) is 7.47. The Balaban J connectivity index is 2.69. The van der Waals surface area contributed by atoms with Crippen LogP contribution in [0.4, 0.5) is 0 Å². The van der Waals surface area contributed by atoms with Gasteiger partial charge in [0, 0.05) is 12.4 Å². The molecule has 1 nitrogen and oxygen atoms in total. The fourth-order valence-electron chi connectivity index (χ4n) is 0.969. The highest BCUT2D eigenvalue weighted by Crippen LogP contribution is 2.01. The molecule has 0 saturated carbocycles. The third kappa shape index (κ3) is 10.3. The predicted molar refractivity (Wildman–Crippen MR) is 52.0 cm³/mol. The fourth-order valence-corrected chi connectivity index (χ4v) is 1.09. The van der Waals surface area contributed by atoms with Crippen molar-refractivity contribution in [1.82, 2.24) is 0 Å². The van der Waals surface area contributed by atoms with Gasteiger partial charge in [-0.05, 0) is 6.42 Å². The van der Waals surface area contributed by atoms with E-state index in [1.807, 2.05) is 0 Å². The molecule has 0 atom stereocenters. The first kappa shape index (κ1) is 11.3. The fraction of sp³-hybridized carbons (Fsp3) is 1.00. The molecule has 0 N–H and O–H groups in total. The summed E-state index contributed by atoms with van der Waals surface area (Å²) in [5, 5.41) is 0. The van der Waals surface area contributed by atoms with Gasteiger partial charge in [0.1, 0.15) is 0 Å². The summed E-state index contributed by atoms with van der Waals surface area (Å²) < 4.78 is 5.26. The Bertz CT molecular complexity index is 58.6. The monoisotopic (exact) mass is 175 g/mol. The molecule has 0 rings (SSSR count). The molecule has 0 unspecified atom stereocenters. The van der Waals surface area contributed by atoms with E-state index in [0.717, 1.165) is 19.0 Å². The van der Waals surface area contributed by atoms with Crippen LogP contribution >= 0.6 is 12.6 Å². The molecule has 0 amide bonds. The Morgan fingerprint density at radius 2 is 1.73 bits per heavy atom. The van der Waals surface area contributed by atoms with Gasteiger partial charge in [-0.1, -0.05) is 45.2 Å². The topological polar surface area (TPSA) is 9.23 Å². The third-order valence-corrected chi connectivity index (χ3v) is 1.79. The van der Waals surface area contributed by atoms with Gasteiger partial charge in [-0.3, -0.25) is 0 Å². The van der Waals surface area contributed by atoms with Crippen LogP contribution in [0.3, 0.4) is 0 Å². The van der Waals surface area contributed by atoms with Gasteiger partial charge in [0.05, 0.1) is 6.61 Å². The van der Waals surface area contributed by atoms with Crippen molar-refractivity contribution >= 4 is 12.6 Å². The van der Waals surface area contributed by atoms with Gasteiger partial charge < -0.3 is 4.74 Å². The summed E-state index contributed by atoms with van der Waals surface area (Å²) in [6.45, 7) is 3.89. The van der Waals surface area contributed by atoms with E-state index in [1.54, 1.807) is 0 Å². The number of unbranched alkanes of at least 4 members (excludes halogenated alkanes) is 4. The molecule has 0 spiro atoms. The molecule has 67 valence electrons. The molecule has 0 fully saturated rings. The number of ether oxygens (including phenoxy) is 1. The largest absolute Gasteiger partial charge is 0.381 e.